The smallest absolute Gasteiger partial charge is 0.417 e. The number of halogens is 3. The van der Waals surface area contributed by atoms with Gasteiger partial charge in [0.05, 0.1) is 24.3 Å². The summed E-state index contributed by atoms with van der Waals surface area (Å²) in [5.41, 5.74) is 1.03. The van der Waals surface area contributed by atoms with Crippen molar-refractivity contribution in [2.45, 2.75) is 36.4 Å². The second-order valence-electron chi connectivity index (χ2n) is 9.51. The van der Waals surface area contributed by atoms with E-state index in [2.05, 4.69) is 9.88 Å². The van der Waals surface area contributed by atoms with Crippen LogP contribution in [0.5, 0.6) is 5.75 Å². The summed E-state index contributed by atoms with van der Waals surface area (Å²) in [4.78, 5) is 6.85. The van der Waals surface area contributed by atoms with Gasteiger partial charge in [0.1, 0.15) is 5.75 Å². The lowest BCUT2D eigenvalue weighted by Crippen LogP contribution is -2.43. The summed E-state index contributed by atoms with van der Waals surface area (Å²) in [7, 11) is 1.61. The maximum absolute atomic E-state index is 13.2. The predicted octanol–water partition coefficient (Wildman–Crippen LogP) is 5.80. The number of aliphatic hydroxyl groups is 2. The van der Waals surface area contributed by atoms with Gasteiger partial charge in [0.15, 0.2) is 0 Å². The molecule has 2 aromatic carbocycles. The standard InChI is InChI=1S/C28H33F3N2O3S/c1-36-21-7-8-25-23(16-21)22(10-12-32-25)26(35)9-6-19-11-13-33(17-20(19)18-34)14-15-37-27-5-3-2-4-24(27)28(29,30)31/h2-5,7-8,10,12,16,19-20,26,34-35H,6,9,11,13-15,17-18H2,1H3/t19-,20-,26-/m1/s1. The minimum atomic E-state index is -4.36. The highest BCUT2D eigenvalue weighted by Gasteiger charge is 2.33. The fraction of sp³-hybridized carbons (Fsp3) is 0.464. The molecular weight excluding hydrogens is 501 g/mol. The first-order chi connectivity index (χ1) is 17.8. The van der Waals surface area contributed by atoms with Crippen LogP contribution in [0.15, 0.2) is 59.6 Å². The summed E-state index contributed by atoms with van der Waals surface area (Å²) < 4.78 is 45.1. The van der Waals surface area contributed by atoms with Gasteiger partial charge in [0.25, 0.3) is 0 Å². The summed E-state index contributed by atoms with van der Waals surface area (Å²) in [6, 6.07) is 13.1. The van der Waals surface area contributed by atoms with Crippen molar-refractivity contribution in [3.63, 3.8) is 0 Å². The molecule has 2 heterocycles. The Morgan fingerprint density at radius 2 is 1.97 bits per heavy atom. The molecule has 1 aromatic heterocycles. The Morgan fingerprint density at radius 1 is 1.16 bits per heavy atom. The number of alkyl halides is 3. The largest absolute Gasteiger partial charge is 0.497 e. The van der Waals surface area contributed by atoms with Crippen molar-refractivity contribution in [1.29, 1.82) is 0 Å². The fourth-order valence-corrected chi connectivity index (χ4v) is 6.23. The Hall–Kier alpha value is -2.33. The van der Waals surface area contributed by atoms with Gasteiger partial charge >= 0.3 is 6.18 Å². The number of benzene rings is 2. The third kappa shape index (κ3) is 6.96. The summed E-state index contributed by atoms with van der Waals surface area (Å²) in [5, 5.41) is 21.9. The van der Waals surface area contributed by atoms with E-state index in [1.807, 2.05) is 24.3 Å². The zero-order chi connectivity index (χ0) is 26.4. The fourth-order valence-electron chi connectivity index (χ4n) is 5.15. The van der Waals surface area contributed by atoms with Crippen LogP contribution in [0, 0.1) is 11.8 Å². The molecule has 0 bridgehead atoms. The van der Waals surface area contributed by atoms with Crippen LogP contribution in [-0.4, -0.2) is 59.2 Å². The number of rotatable bonds is 10. The number of piperidine rings is 1. The second kappa shape index (κ2) is 12.5. The van der Waals surface area contributed by atoms with Crippen LogP contribution in [0.2, 0.25) is 0 Å². The number of ether oxygens (including phenoxy) is 1. The number of hydrogen-bond acceptors (Lipinski definition) is 6. The average Bonchev–Trinajstić information content (AvgIpc) is 2.91. The van der Waals surface area contributed by atoms with Crippen LogP contribution in [-0.2, 0) is 6.18 Å². The van der Waals surface area contributed by atoms with E-state index in [4.69, 9.17) is 4.74 Å². The Kier molecular flexibility index (Phi) is 9.34. The lowest BCUT2D eigenvalue weighted by Gasteiger charge is -2.38. The zero-order valence-corrected chi connectivity index (χ0v) is 21.6. The van der Waals surface area contributed by atoms with Crippen LogP contribution in [0.4, 0.5) is 13.2 Å². The lowest BCUT2D eigenvalue weighted by molar-refractivity contribution is -0.139. The number of aromatic nitrogens is 1. The molecule has 3 atom stereocenters. The molecule has 0 spiro atoms. The number of methoxy groups -OCH3 is 1. The minimum Gasteiger partial charge on any atom is -0.497 e. The summed E-state index contributed by atoms with van der Waals surface area (Å²) in [5.74, 6) is 1.61. The van der Waals surface area contributed by atoms with Crippen molar-refractivity contribution >= 4 is 22.7 Å². The molecule has 5 nitrogen and oxygen atoms in total. The van der Waals surface area contributed by atoms with Gasteiger partial charge in [-0.1, -0.05) is 12.1 Å². The Bertz CT molecular complexity index is 1180. The molecule has 1 aliphatic rings. The van der Waals surface area contributed by atoms with Gasteiger partial charge in [-0.3, -0.25) is 4.98 Å². The van der Waals surface area contributed by atoms with Gasteiger partial charge in [-0.15, -0.1) is 11.8 Å². The zero-order valence-electron chi connectivity index (χ0n) is 20.8. The van der Waals surface area contributed by atoms with Gasteiger partial charge in [-0.25, -0.2) is 0 Å². The van der Waals surface area contributed by atoms with E-state index in [9.17, 15) is 23.4 Å². The highest BCUT2D eigenvalue weighted by atomic mass is 32.2. The van der Waals surface area contributed by atoms with Crippen LogP contribution < -0.4 is 4.74 Å². The van der Waals surface area contributed by atoms with E-state index >= 15 is 0 Å². The number of nitrogens with zero attached hydrogens (tertiary/aromatic N) is 2. The second-order valence-corrected chi connectivity index (χ2v) is 10.6. The molecule has 1 fully saturated rings. The van der Waals surface area contributed by atoms with Crippen LogP contribution in [0.1, 0.15) is 36.5 Å². The lowest BCUT2D eigenvalue weighted by atomic mass is 9.81. The number of hydrogen-bond donors (Lipinski definition) is 2. The van der Waals surface area contributed by atoms with E-state index in [1.54, 1.807) is 19.4 Å². The Morgan fingerprint density at radius 3 is 2.73 bits per heavy atom. The van der Waals surface area contributed by atoms with Gasteiger partial charge in [0.2, 0.25) is 0 Å². The summed E-state index contributed by atoms with van der Waals surface area (Å²) in [6.07, 6.45) is -1.08. The van der Waals surface area contributed by atoms with Crippen molar-refractivity contribution in [1.82, 2.24) is 9.88 Å². The van der Waals surface area contributed by atoms with Gasteiger partial charge in [-0.05, 0) is 79.6 Å². The maximum Gasteiger partial charge on any atom is 0.417 e. The molecule has 1 saturated heterocycles. The minimum absolute atomic E-state index is 0.0523. The van der Waals surface area contributed by atoms with Crippen LogP contribution >= 0.6 is 11.8 Å². The molecule has 3 aromatic rings. The highest BCUT2D eigenvalue weighted by molar-refractivity contribution is 7.99. The van der Waals surface area contributed by atoms with Crippen molar-refractivity contribution < 1.29 is 28.1 Å². The normalized spacial score (nSPS) is 19.7. The van der Waals surface area contributed by atoms with Crippen LogP contribution in [0.3, 0.4) is 0 Å². The van der Waals surface area contributed by atoms with Crippen molar-refractivity contribution in [3.05, 3.63) is 65.9 Å². The molecule has 0 aliphatic carbocycles. The number of likely N-dealkylation sites (tertiary alicyclic amines) is 1. The highest BCUT2D eigenvalue weighted by Crippen LogP contribution is 2.37. The number of thioether (sulfide) groups is 1. The van der Waals surface area contributed by atoms with E-state index in [-0.39, 0.29) is 23.3 Å². The quantitative estimate of drug-likeness (QED) is 0.321. The number of aliphatic hydroxyl groups excluding tert-OH is 2. The average molecular weight is 535 g/mol. The van der Waals surface area contributed by atoms with Gasteiger partial charge in [0, 0.05) is 41.9 Å². The van der Waals surface area contributed by atoms with E-state index in [0.717, 1.165) is 41.9 Å². The molecule has 200 valence electrons. The molecule has 0 radical (unpaired) electrons. The first-order valence-electron chi connectivity index (χ1n) is 12.5. The SMILES string of the molecule is COc1ccc2nccc([C@H](O)CC[C@@H]3CCN(CCSc4ccccc4C(F)(F)F)C[C@@H]3CO)c2c1. The molecule has 1 aliphatic heterocycles. The molecule has 0 saturated carbocycles. The van der Waals surface area contributed by atoms with Gasteiger partial charge < -0.3 is 19.8 Å². The third-order valence-electron chi connectivity index (χ3n) is 7.22. The van der Waals surface area contributed by atoms with Crippen molar-refractivity contribution in [2.24, 2.45) is 11.8 Å². The molecule has 2 N–H and O–H groups in total. The first kappa shape index (κ1) is 27.7. The Balaban J connectivity index is 1.30. The predicted molar refractivity (Wildman–Crippen MR) is 140 cm³/mol. The molecule has 0 unspecified atom stereocenters. The molecule has 9 heteroatoms. The summed E-state index contributed by atoms with van der Waals surface area (Å²) in [6.45, 7) is 2.24. The molecule has 4 rings (SSSR count). The monoisotopic (exact) mass is 534 g/mol. The number of fused-ring (bicyclic) bond motifs is 1. The first-order valence-corrected chi connectivity index (χ1v) is 13.5. The third-order valence-corrected chi connectivity index (χ3v) is 8.27. The molecule has 0 amide bonds. The van der Waals surface area contributed by atoms with E-state index < -0.39 is 17.8 Å². The van der Waals surface area contributed by atoms with Crippen molar-refractivity contribution in [2.75, 3.05) is 39.1 Å². The topological polar surface area (TPSA) is 65.8 Å². The van der Waals surface area contributed by atoms with Crippen LogP contribution in [0.25, 0.3) is 10.9 Å². The maximum atomic E-state index is 13.2. The molecular formula is C28H33F3N2O3S. The molecule has 37 heavy (non-hydrogen) atoms. The van der Waals surface area contributed by atoms with E-state index in [1.165, 1.54) is 23.9 Å². The summed E-state index contributed by atoms with van der Waals surface area (Å²) >= 11 is 1.22. The van der Waals surface area contributed by atoms with E-state index in [0.29, 0.717) is 31.0 Å². The van der Waals surface area contributed by atoms with Crippen molar-refractivity contribution in [3.8, 4) is 5.75 Å². The van der Waals surface area contributed by atoms with Gasteiger partial charge in [-0.2, -0.15) is 13.2 Å². The number of pyridine rings is 1. The Labute approximate surface area is 219 Å².